The van der Waals surface area contributed by atoms with E-state index in [4.69, 9.17) is 0 Å². The highest BCUT2D eigenvalue weighted by Gasteiger charge is 2.12. The molecule has 1 aliphatic heterocycles. The second kappa shape index (κ2) is 6.59. The molecular weight excluding hydrogens is 302 g/mol. The zero-order valence-electron chi connectivity index (χ0n) is 10.2. The minimum atomic E-state index is -0.504. The molecule has 2 nitrogen and oxygen atoms in total. The lowest BCUT2D eigenvalue weighted by Gasteiger charge is -2.15. The Morgan fingerprint density at radius 2 is 1.78 bits per heavy atom. The summed E-state index contributed by atoms with van der Waals surface area (Å²) >= 11 is 3.07. The van der Waals surface area contributed by atoms with Crippen LogP contribution in [0.4, 0.5) is 8.78 Å². The third-order valence-corrected chi connectivity index (χ3v) is 3.67. The van der Waals surface area contributed by atoms with E-state index in [2.05, 4.69) is 26.1 Å². The van der Waals surface area contributed by atoms with Gasteiger partial charge in [-0.3, -0.25) is 0 Å². The molecule has 0 atom stereocenters. The molecule has 0 aromatic heterocycles. The summed E-state index contributed by atoms with van der Waals surface area (Å²) in [5, 5.41) is 3.09. The van der Waals surface area contributed by atoms with Crippen LogP contribution < -0.4 is 5.32 Å². The van der Waals surface area contributed by atoms with Gasteiger partial charge in [-0.25, -0.2) is 8.78 Å². The van der Waals surface area contributed by atoms with Crippen molar-refractivity contribution in [2.45, 2.75) is 19.4 Å². The summed E-state index contributed by atoms with van der Waals surface area (Å²) in [5.74, 6) is -1.01. The first-order valence-corrected chi connectivity index (χ1v) is 7.02. The first kappa shape index (κ1) is 13.9. The van der Waals surface area contributed by atoms with Crippen molar-refractivity contribution >= 4 is 15.9 Å². The van der Waals surface area contributed by atoms with Crippen molar-refractivity contribution in [2.24, 2.45) is 0 Å². The molecule has 1 aromatic rings. The number of halogens is 3. The van der Waals surface area contributed by atoms with Crippen LogP contribution in [0.1, 0.15) is 18.4 Å². The van der Waals surface area contributed by atoms with Gasteiger partial charge in [-0.1, -0.05) is 15.9 Å². The maximum absolute atomic E-state index is 13.5. The third-order valence-electron chi connectivity index (χ3n) is 3.21. The zero-order chi connectivity index (χ0) is 13.0. The Labute approximate surface area is 114 Å². The molecular formula is C13H17BrF2N2. The molecule has 0 bridgehead atoms. The van der Waals surface area contributed by atoms with Crippen LogP contribution in [0.2, 0.25) is 0 Å². The Balaban J connectivity index is 1.79. The van der Waals surface area contributed by atoms with E-state index >= 15 is 0 Å². The van der Waals surface area contributed by atoms with Gasteiger partial charge >= 0.3 is 0 Å². The third kappa shape index (κ3) is 3.73. The molecule has 0 radical (unpaired) electrons. The Morgan fingerprint density at radius 1 is 1.17 bits per heavy atom. The molecule has 1 saturated heterocycles. The Kier molecular flexibility index (Phi) is 5.09. The van der Waals surface area contributed by atoms with Crippen molar-refractivity contribution in [1.82, 2.24) is 10.2 Å². The number of benzene rings is 1. The molecule has 18 heavy (non-hydrogen) atoms. The van der Waals surface area contributed by atoms with Crippen LogP contribution in [0.5, 0.6) is 0 Å². The summed E-state index contributed by atoms with van der Waals surface area (Å²) in [4.78, 5) is 2.36. The lowest BCUT2D eigenvalue weighted by molar-refractivity contribution is 0.334. The van der Waals surface area contributed by atoms with Gasteiger partial charge in [-0.2, -0.15) is 0 Å². The van der Waals surface area contributed by atoms with E-state index in [9.17, 15) is 8.78 Å². The van der Waals surface area contributed by atoms with Gasteiger partial charge in [0.15, 0.2) is 0 Å². The number of likely N-dealkylation sites (tertiary alicyclic amines) is 1. The van der Waals surface area contributed by atoms with E-state index < -0.39 is 11.6 Å². The number of nitrogens with one attached hydrogen (secondary N) is 1. The van der Waals surface area contributed by atoms with Crippen molar-refractivity contribution in [1.29, 1.82) is 0 Å². The largest absolute Gasteiger partial charge is 0.311 e. The number of hydrogen-bond donors (Lipinski definition) is 1. The molecule has 0 saturated carbocycles. The van der Waals surface area contributed by atoms with Gasteiger partial charge in [0.2, 0.25) is 0 Å². The van der Waals surface area contributed by atoms with Crippen LogP contribution in [-0.4, -0.2) is 31.1 Å². The maximum atomic E-state index is 13.5. The Morgan fingerprint density at radius 3 is 2.39 bits per heavy atom. The minimum Gasteiger partial charge on any atom is -0.311 e. The highest BCUT2D eigenvalue weighted by Crippen LogP contribution is 2.19. The first-order chi connectivity index (χ1) is 8.66. The van der Waals surface area contributed by atoms with Crippen LogP contribution in [0.25, 0.3) is 0 Å². The quantitative estimate of drug-likeness (QED) is 0.840. The first-order valence-electron chi connectivity index (χ1n) is 6.23. The fourth-order valence-corrected chi connectivity index (χ4v) is 2.60. The Hall–Kier alpha value is -0.520. The van der Waals surface area contributed by atoms with E-state index in [-0.39, 0.29) is 12.1 Å². The van der Waals surface area contributed by atoms with Gasteiger partial charge in [0.05, 0.1) is 0 Å². The van der Waals surface area contributed by atoms with Crippen molar-refractivity contribution in [3.8, 4) is 0 Å². The molecule has 1 aliphatic rings. The topological polar surface area (TPSA) is 15.3 Å². The van der Waals surface area contributed by atoms with Gasteiger partial charge in [0.1, 0.15) is 11.6 Å². The smallest absolute Gasteiger partial charge is 0.131 e. The summed E-state index contributed by atoms with van der Waals surface area (Å²) in [6, 6.07) is 2.58. The second-order valence-corrected chi connectivity index (χ2v) is 5.49. The molecule has 0 unspecified atom stereocenters. The summed E-state index contributed by atoms with van der Waals surface area (Å²) in [5.41, 5.74) is 0.111. The SMILES string of the molecule is Fc1cc(Br)cc(F)c1CNCCN1CCCC1. The van der Waals surface area contributed by atoms with Gasteiger partial charge < -0.3 is 10.2 Å². The van der Waals surface area contributed by atoms with E-state index in [1.54, 1.807) is 0 Å². The number of rotatable bonds is 5. The van der Waals surface area contributed by atoms with Crippen molar-refractivity contribution < 1.29 is 8.78 Å². The normalized spacial score (nSPS) is 16.4. The second-order valence-electron chi connectivity index (χ2n) is 4.57. The molecule has 2 rings (SSSR count). The highest BCUT2D eigenvalue weighted by atomic mass is 79.9. The van der Waals surface area contributed by atoms with Crippen LogP contribution in [0.3, 0.4) is 0 Å². The lowest BCUT2D eigenvalue weighted by Crippen LogP contribution is -2.30. The van der Waals surface area contributed by atoms with Crippen molar-refractivity contribution in [2.75, 3.05) is 26.2 Å². The fourth-order valence-electron chi connectivity index (χ4n) is 2.20. The summed E-state index contributed by atoms with van der Waals surface area (Å²) in [7, 11) is 0. The molecule has 1 fully saturated rings. The molecule has 100 valence electrons. The van der Waals surface area contributed by atoms with Gasteiger partial charge in [0.25, 0.3) is 0 Å². The molecule has 0 aliphatic carbocycles. The standard InChI is InChI=1S/C13H17BrF2N2/c14-10-7-12(15)11(13(16)8-10)9-17-3-6-18-4-1-2-5-18/h7-8,17H,1-6,9H2. The average molecular weight is 319 g/mol. The number of hydrogen-bond acceptors (Lipinski definition) is 2. The van der Waals surface area contributed by atoms with Crippen LogP contribution >= 0.6 is 15.9 Å². The van der Waals surface area contributed by atoms with Crippen molar-refractivity contribution in [3.63, 3.8) is 0 Å². The van der Waals surface area contributed by atoms with E-state index in [0.29, 0.717) is 4.47 Å². The average Bonchev–Trinajstić information content (AvgIpc) is 2.79. The summed E-state index contributed by atoms with van der Waals surface area (Å²) in [6.45, 7) is 4.22. The molecule has 0 spiro atoms. The van der Waals surface area contributed by atoms with Gasteiger partial charge in [0, 0.05) is 29.7 Å². The van der Waals surface area contributed by atoms with E-state index in [1.807, 2.05) is 0 Å². The monoisotopic (exact) mass is 318 g/mol. The molecule has 1 heterocycles. The highest BCUT2D eigenvalue weighted by molar-refractivity contribution is 9.10. The van der Waals surface area contributed by atoms with Crippen LogP contribution in [0.15, 0.2) is 16.6 Å². The number of nitrogens with zero attached hydrogens (tertiary/aromatic N) is 1. The van der Waals surface area contributed by atoms with E-state index in [1.165, 1.54) is 25.0 Å². The van der Waals surface area contributed by atoms with E-state index in [0.717, 1.165) is 26.2 Å². The zero-order valence-corrected chi connectivity index (χ0v) is 11.8. The van der Waals surface area contributed by atoms with Crippen LogP contribution in [0, 0.1) is 11.6 Å². The minimum absolute atomic E-state index is 0.111. The van der Waals surface area contributed by atoms with Crippen LogP contribution in [-0.2, 0) is 6.54 Å². The van der Waals surface area contributed by atoms with Gasteiger partial charge in [-0.15, -0.1) is 0 Å². The summed E-state index contributed by atoms with van der Waals surface area (Å²) < 4.78 is 27.5. The van der Waals surface area contributed by atoms with Crippen molar-refractivity contribution in [3.05, 3.63) is 33.8 Å². The predicted molar refractivity (Wildman–Crippen MR) is 71.4 cm³/mol. The lowest BCUT2D eigenvalue weighted by atomic mass is 10.2. The summed E-state index contributed by atoms with van der Waals surface area (Å²) in [6.07, 6.45) is 2.52. The predicted octanol–water partition coefficient (Wildman–Crippen LogP) is 2.91. The van der Waals surface area contributed by atoms with Gasteiger partial charge in [-0.05, 0) is 38.1 Å². The molecule has 1 N–H and O–H groups in total. The maximum Gasteiger partial charge on any atom is 0.131 e. The molecule has 5 heteroatoms. The Bertz CT molecular complexity index is 383. The molecule has 1 aromatic carbocycles. The fraction of sp³-hybridized carbons (Fsp3) is 0.538. The molecule has 0 amide bonds.